The van der Waals surface area contributed by atoms with Gasteiger partial charge in [-0.05, 0) is 43.9 Å². The molecule has 0 unspecified atom stereocenters. The average molecular weight is 353 g/mol. The molecule has 0 aromatic rings. The lowest BCUT2D eigenvalue weighted by atomic mass is 9.73. The van der Waals surface area contributed by atoms with Crippen molar-refractivity contribution < 1.29 is 14.3 Å². The lowest BCUT2D eigenvalue weighted by Gasteiger charge is -2.35. The second-order valence-electron chi connectivity index (χ2n) is 8.19. The van der Waals surface area contributed by atoms with E-state index in [1.165, 1.54) is 77.0 Å². The summed E-state index contributed by atoms with van der Waals surface area (Å²) in [5.41, 5.74) is 0. The Morgan fingerprint density at radius 2 is 1.48 bits per heavy atom. The van der Waals surface area contributed by atoms with Gasteiger partial charge in [-0.2, -0.15) is 0 Å². The molecule has 2 fully saturated rings. The van der Waals surface area contributed by atoms with Crippen LogP contribution in [-0.2, 0) is 14.3 Å². The van der Waals surface area contributed by atoms with E-state index in [-0.39, 0.29) is 5.97 Å². The van der Waals surface area contributed by atoms with Crippen molar-refractivity contribution in [3.05, 3.63) is 0 Å². The summed E-state index contributed by atoms with van der Waals surface area (Å²) in [6.45, 7) is 3.20. The van der Waals surface area contributed by atoms with Crippen LogP contribution in [0.2, 0.25) is 0 Å². The molecule has 2 aliphatic rings. The molecule has 146 valence electrons. The molecule has 0 aromatic carbocycles. The van der Waals surface area contributed by atoms with Crippen molar-refractivity contribution in [3.8, 4) is 0 Å². The first-order chi connectivity index (χ1) is 12.3. The van der Waals surface area contributed by atoms with Gasteiger partial charge in [0.05, 0.1) is 12.7 Å². The molecule has 0 amide bonds. The number of hydrogen-bond acceptors (Lipinski definition) is 3. The largest absolute Gasteiger partial charge is 0.463 e. The maximum absolute atomic E-state index is 11.7. The Balaban J connectivity index is 1.44. The minimum atomic E-state index is -0.0545. The summed E-state index contributed by atoms with van der Waals surface area (Å²) in [6.07, 6.45) is 19.2. The Hall–Kier alpha value is -0.570. The molecule has 0 aliphatic heterocycles. The third-order valence-electron chi connectivity index (χ3n) is 6.22. The van der Waals surface area contributed by atoms with Gasteiger partial charge in [0, 0.05) is 6.42 Å². The predicted molar refractivity (Wildman–Crippen MR) is 103 cm³/mol. The van der Waals surface area contributed by atoms with E-state index in [4.69, 9.17) is 9.47 Å². The molecule has 25 heavy (non-hydrogen) atoms. The molecular weight excluding hydrogens is 312 g/mol. The summed E-state index contributed by atoms with van der Waals surface area (Å²) in [7, 11) is 0. The molecule has 2 aliphatic carbocycles. The number of esters is 1. The SMILES string of the molecule is CCCCCCCC(=O)OCCOC1CCC(C2CCCCC2)CC1. The topological polar surface area (TPSA) is 35.5 Å². The first kappa shape index (κ1) is 20.7. The molecule has 0 N–H and O–H groups in total. The normalized spacial score (nSPS) is 25.0. The van der Waals surface area contributed by atoms with Crippen molar-refractivity contribution >= 4 is 5.97 Å². The van der Waals surface area contributed by atoms with Gasteiger partial charge in [0.2, 0.25) is 0 Å². The highest BCUT2D eigenvalue weighted by atomic mass is 16.6. The first-order valence-corrected chi connectivity index (χ1v) is 11.1. The number of ether oxygens (including phenoxy) is 2. The number of unbranched alkanes of at least 4 members (excludes halogenated alkanes) is 4. The van der Waals surface area contributed by atoms with E-state index in [2.05, 4.69) is 6.92 Å². The number of carbonyl (C=O) groups excluding carboxylic acids is 1. The molecule has 2 saturated carbocycles. The van der Waals surface area contributed by atoms with Crippen molar-refractivity contribution in [2.75, 3.05) is 13.2 Å². The molecule has 0 aromatic heterocycles. The minimum absolute atomic E-state index is 0.0545. The highest BCUT2D eigenvalue weighted by Crippen LogP contribution is 2.38. The summed E-state index contributed by atoms with van der Waals surface area (Å²) in [5.74, 6) is 1.89. The number of rotatable bonds is 11. The smallest absolute Gasteiger partial charge is 0.305 e. The lowest BCUT2D eigenvalue weighted by Crippen LogP contribution is -2.28. The fraction of sp³-hybridized carbons (Fsp3) is 0.955. The van der Waals surface area contributed by atoms with Crippen LogP contribution in [0, 0.1) is 11.8 Å². The molecular formula is C22H40O3. The van der Waals surface area contributed by atoms with E-state index in [0.29, 0.717) is 25.7 Å². The molecule has 0 radical (unpaired) electrons. The van der Waals surface area contributed by atoms with Crippen molar-refractivity contribution in [1.82, 2.24) is 0 Å². The van der Waals surface area contributed by atoms with Crippen LogP contribution in [0.15, 0.2) is 0 Å². The van der Waals surface area contributed by atoms with Crippen molar-refractivity contribution in [1.29, 1.82) is 0 Å². The number of hydrogen-bond donors (Lipinski definition) is 0. The van der Waals surface area contributed by atoms with Crippen molar-refractivity contribution in [2.45, 2.75) is 109 Å². The van der Waals surface area contributed by atoms with E-state index >= 15 is 0 Å². The second-order valence-corrected chi connectivity index (χ2v) is 8.19. The van der Waals surface area contributed by atoms with Gasteiger partial charge < -0.3 is 9.47 Å². The maximum atomic E-state index is 11.7. The van der Waals surface area contributed by atoms with E-state index in [1.807, 2.05) is 0 Å². The Morgan fingerprint density at radius 3 is 2.20 bits per heavy atom. The van der Waals surface area contributed by atoms with Gasteiger partial charge in [-0.3, -0.25) is 4.79 Å². The summed E-state index contributed by atoms with van der Waals surface area (Å²) in [4.78, 5) is 11.7. The van der Waals surface area contributed by atoms with Crippen LogP contribution in [0.1, 0.15) is 103 Å². The third-order valence-corrected chi connectivity index (χ3v) is 6.22. The van der Waals surface area contributed by atoms with Crippen LogP contribution in [-0.4, -0.2) is 25.3 Å². The molecule has 0 heterocycles. The molecule has 3 nitrogen and oxygen atoms in total. The van der Waals surface area contributed by atoms with Crippen LogP contribution in [0.5, 0.6) is 0 Å². The zero-order valence-corrected chi connectivity index (χ0v) is 16.5. The molecule has 3 heteroatoms. The van der Waals surface area contributed by atoms with Gasteiger partial charge >= 0.3 is 5.97 Å². The zero-order chi connectivity index (χ0) is 17.7. The Morgan fingerprint density at radius 1 is 0.800 bits per heavy atom. The number of carbonyl (C=O) groups is 1. The molecule has 2 rings (SSSR count). The summed E-state index contributed by atoms with van der Waals surface area (Å²) < 4.78 is 11.2. The molecule has 0 bridgehead atoms. The Labute approximate surface area is 155 Å². The minimum Gasteiger partial charge on any atom is -0.463 e. The third kappa shape index (κ3) is 8.57. The Kier molecular flexibility index (Phi) is 10.6. The van der Waals surface area contributed by atoms with Crippen LogP contribution in [0.3, 0.4) is 0 Å². The van der Waals surface area contributed by atoms with Crippen LogP contribution in [0.4, 0.5) is 0 Å². The average Bonchev–Trinajstić information content (AvgIpc) is 2.66. The van der Waals surface area contributed by atoms with Gasteiger partial charge in [0.25, 0.3) is 0 Å². The Bertz CT molecular complexity index is 341. The molecule has 0 spiro atoms. The first-order valence-electron chi connectivity index (χ1n) is 11.1. The fourth-order valence-corrected chi connectivity index (χ4v) is 4.65. The summed E-state index contributed by atoms with van der Waals surface area (Å²) in [6, 6.07) is 0. The quantitative estimate of drug-likeness (QED) is 0.335. The van der Waals surface area contributed by atoms with E-state index < -0.39 is 0 Å². The van der Waals surface area contributed by atoms with Gasteiger partial charge in [-0.15, -0.1) is 0 Å². The van der Waals surface area contributed by atoms with Crippen molar-refractivity contribution in [3.63, 3.8) is 0 Å². The van der Waals surface area contributed by atoms with Crippen LogP contribution >= 0.6 is 0 Å². The van der Waals surface area contributed by atoms with Crippen LogP contribution < -0.4 is 0 Å². The van der Waals surface area contributed by atoms with Gasteiger partial charge in [-0.1, -0.05) is 64.7 Å². The summed E-state index contributed by atoms with van der Waals surface area (Å²) >= 11 is 0. The van der Waals surface area contributed by atoms with E-state index in [1.54, 1.807) is 0 Å². The van der Waals surface area contributed by atoms with E-state index in [0.717, 1.165) is 24.7 Å². The zero-order valence-electron chi connectivity index (χ0n) is 16.5. The monoisotopic (exact) mass is 352 g/mol. The van der Waals surface area contributed by atoms with Gasteiger partial charge in [0.1, 0.15) is 6.61 Å². The second kappa shape index (κ2) is 12.7. The standard InChI is InChI=1S/C22H40O3/c1-2-3-4-5-9-12-22(23)25-18-17-24-21-15-13-20(14-16-21)19-10-7-6-8-11-19/h19-21H,2-18H2,1H3. The van der Waals surface area contributed by atoms with E-state index in [9.17, 15) is 4.79 Å². The van der Waals surface area contributed by atoms with Crippen molar-refractivity contribution in [2.24, 2.45) is 11.8 Å². The molecule has 0 atom stereocenters. The van der Waals surface area contributed by atoms with Gasteiger partial charge in [-0.25, -0.2) is 0 Å². The van der Waals surface area contributed by atoms with Crippen LogP contribution in [0.25, 0.3) is 0 Å². The highest BCUT2D eigenvalue weighted by molar-refractivity contribution is 5.69. The molecule has 0 saturated heterocycles. The summed E-state index contributed by atoms with van der Waals surface area (Å²) in [5, 5.41) is 0. The lowest BCUT2D eigenvalue weighted by molar-refractivity contribution is -0.146. The van der Waals surface area contributed by atoms with Gasteiger partial charge in [0.15, 0.2) is 0 Å². The fourth-order valence-electron chi connectivity index (χ4n) is 4.65. The maximum Gasteiger partial charge on any atom is 0.305 e. The highest BCUT2D eigenvalue weighted by Gasteiger charge is 2.28. The predicted octanol–water partition coefficient (Wildman–Crippen LogP) is 6.05.